The minimum Gasteiger partial charge on any atom is -0.382 e. The largest absolute Gasteiger partial charge is 0.382 e. The molecule has 204 valence electrons. The van der Waals surface area contributed by atoms with Gasteiger partial charge in [-0.3, -0.25) is 0 Å². The second kappa shape index (κ2) is 12.7. The Labute approximate surface area is 237 Å². The molecule has 0 amide bonds. The smallest absolute Gasteiger partial charge is 0.144 e. The maximum atomic E-state index is 6.72. The van der Waals surface area contributed by atoms with Crippen molar-refractivity contribution in [2.75, 3.05) is 12.3 Å². The van der Waals surface area contributed by atoms with E-state index in [1.54, 1.807) is 0 Å². The molecule has 1 aliphatic rings. The van der Waals surface area contributed by atoms with E-state index in [-0.39, 0.29) is 12.2 Å². The summed E-state index contributed by atoms with van der Waals surface area (Å²) < 4.78 is 26.9. The predicted molar refractivity (Wildman–Crippen MR) is 156 cm³/mol. The fraction of sp³-hybridized carbons (Fsp3) is 0.250. The lowest BCUT2D eigenvalue weighted by Crippen LogP contribution is -2.37. The number of fused-ring (bicyclic) bond motifs is 1. The van der Waals surface area contributed by atoms with Gasteiger partial charge in [0.15, 0.2) is 0 Å². The van der Waals surface area contributed by atoms with Crippen molar-refractivity contribution in [2.24, 2.45) is 0 Å². The molecule has 2 N–H and O–H groups in total. The van der Waals surface area contributed by atoms with Gasteiger partial charge in [0.1, 0.15) is 36.6 Å². The Morgan fingerprint density at radius 3 is 1.93 bits per heavy atom. The molecule has 6 rings (SSSR count). The first-order chi connectivity index (χ1) is 19.8. The van der Waals surface area contributed by atoms with Crippen LogP contribution < -0.4 is 5.73 Å². The summed E-state index contributed by atoms with van der Waals surface area (Å²) in [7, 11) is 0. The summed E-state index contributed by atoms with van der Waals surface area (Å²) in [6.07, 6.45) is -0.0563. The number of nitrogens with two attached hydrogens (primary N) is 1. The average molecular weight is 554 g/mol. The van der Waals surface area contributed by atoms with Crippen LogP contribution in [0.5, 0.6) is 0 Å². The van der Waals surface area contributed by atoms with Crippen LogP contribution in [0.3, 0.4) is 0 Å². The van der Waals surface area contributed by atoms with E-state index in [4.69, 9.17) is 24.7 Å². The van der Waals surface area contributed by atoms with Gasteiger partial charge in [0.05, 0.1) is 36.6 Å². The molecule has 0 bridgehead atoms. The minimum absolute atomic E-state index is 0.354. The molecule has 1 fully saturated rings. The third kappa shape index (κ3) is 6.06. The van der Waals surface area contributed by atoms with Crippen LogP contribution >= 0.6 is 11.3 Å². The van der Waals surface area contributed by atoms with Crippen molar-refractivity contribution >= 4 is 27.4 Å². The quantitative estimate of drug-likeness (QED) is 0.211. The number of nitrogen functional groups attached to an aromatic ring is 1. The fourth-order valence-electron chi connectivity index (χ4n) is 4.99. The van der Waals surface area contributed by atoms with Crippen LogP contribution in [-0.2, 0) is 38.8 Å². The van der Waals surface area contributed by atoms with Gasteiger partial charge >= 0.3 is 0 Å². The predicted octanol–water partition coefficient (Wildman–Crippen LogP) is 6.10. The zero-order valence-corrected chi connectivity index (χ0v) is 22.8. The highest BCUT2D eigenvalue weighted by Crippen LogP contribution is 2.43. The van der Waals surface area contributed by atoms with E-state index in [2.05, 4.69) is 46.4 Å². The van der Waals surface area contributed by atoms with Gasteiger partial charge < -0.3 is 24.7 Å². The van der Waals surface area contributed by atoms with E-state index < -0.39 is 12.2 Å². The van der Waals surface area contributed by atoms with Gasteiger partial charge in [-0.2, -0.15) is 0 Å². The summed E-state index contributed by atoms with van der Waals surface area (Å²) in [5, 5.41) is 2.04. The van der Waals surface area contributed by atoms with Gasteiger partial charge in [-0.25, -0.2) is 9.97 Å². The molecule has 1 saturated heterocycles. The number of benzene rings is 3. The molecule has 3 heterocycles. The van der Waals surface area contributed by atoms with Crippen molar-refractivity contribution < 1.29 is 18.9 Å². The van der Waals surface area contributed by atoms with Gasteiger partial charge in [-0.15, -0.1) is 11.3 Å². The molecular formula is C32H31N3O4S. The van der Waals surface area contributed by atoms with Crippen LogP contribution in [0.25, 0.3) is 10.2 Å². The normalized spacial score (nSPS) is 20.7. The maximum Gasteiger partial charge on any atom is 0.144 e. The molecule has 5 aromatic rings. The molecule has 1 unspecified atom stereocenters. The standard InChI is InChI=1S/C32H31N3O4S/c33-32-31-27(34-21-35-32)25(20-40-31)28-30(38-18-24-14-8-3-9-15-24)29(37-17-23-12-6-2-7-13-23)26(39-28)19-36-16-22-10-4-1-5-11-22/h1-15,20-21,26,28-30H,16-19H2,(H2,33,34,35)/t26-,28?,29-,30+/m1/s1. The van der Waals surface area contributed by atoms with Gasteiger partial charge in [0.2, 0.25) is 0 Å². The minimum atomic E-state index is -0.419. The lowest BCUT2D eigenvalue weighted by molar-refractivity contribution is -0.0898. The fourth-order valence-corrected chi connectivity index (χ4v) is 5.93. The molecule has 0 saturated carbocycles. The van der Waals surface area contributed by atoms with Crippen LogP contribution in [0, 0.1) is 0 Å². The van der Waals surface area contributed by atoms with Crippen molar-refractivity contribution in [3.63, 3.8) is 0 Å². The molecule has 0 aliphatic carbocycles. The molecule has 8 heteroatoms. The molecule has 2 aromatic heterocycles. The van der Waals surface area contributed by atoms with Crippen LogP contribution in [0.4, 0.5) is 5.82 Å². The maximum absolute atomic E-state index is 6.72. The number of thiophene rings is 1. The van der Waals surface area contributed by atoms with Crippen LogP contribution in [0.15, 0.2) is 103 Å². The first-order valence-electron chi connectivity index (χ1n) is 13.3. The molecule has 4 atom stereocenters. The van der Waals surface area contributed by atoms with Crippen molar-refractivity contribution in [3.05, 3.63) is 125 Å². The number of hydrogen-bond donors (Lipinski definition) is 1. The Hall–Kier alpha value is -3.66. The zero-order valence-electron chi connectivity index (χ0n) is 22.0. The highest BCUT2D eigenvalue weighted by atomic mass is 32.1. The first kappa shape index (κ1) is 26.6. The van der Waals surface area contributed by atoms with E-state index in [1.165, 1.54) is 17.7 Å². The molecule has 0 spiro atoms. The van der Waals surface area contributed by atoms with E-state index >= 15 is 0 Å². The summed E-state index contributed by atoms with van der Waals surface area (Å²) in [6.45, 7) is 1.70. The highest BCUT2D eigenvalue weighted by Gasteiger charge is 2.48. The summed E-state index contributed by atoms with van der Waals surface area (Å²) in [6, 6.07) is 30.4. The van der Waals surface area contributed by atoms with E-state index in [9.17, 15) is 0 Å². The molecule has 40 heavy (non-hydrogen) atoms. The molecule has 1 aliphatic heterocycles. The van der Waals surface area contributed by atoms with Crippen LogP contribution in [-0.4, -0.2) is 34.9 Å². The summed E-state index contributed by atoms with van der Waals surface area (Å²) in [5.74, 6) is 0.459. The third-order valence-electron chi connectivity index (χ3n) is 6.99. The highest BCUT2D eigenvalue weighted by molar-refractivity contribution is 7.18. The molecule has 3 aromatic carbocycles. The SMILES string of the molecule is Nc1ncnc2c(C3O[C@H](COCc4ccccc4)[C@@H](OCc4ccccc4)[C@H]3OCc3ccccc3)csc12. The number of anilines is 1. The Morgan fingerprint density at radius 1 is 0.725 bits per heavy atom. The van der Waals surface area contributed by atoms with Gasteiger partial charge in [-0.05, 0) is 22.1 Å². The van der Waals surface area contributed by atoms with Crippen molar-refractivity contribution in [1.29, 1.82) is 0 Å². The second-order valence-electron chi connectivity index (χ2n) is 9.75. The van der Waals surface area contributed by atoms with E-state index in [0.717, 1.165) is 32.5 Å². The van der Waals surface area contributed by atoms with Crippen molar-refractivity contribution in [1.82, 2.24) is 9.97 Å². The lowest BCUT2D eigenvalue weighted by atomic mass is 10.0. The summed E-state index contributed by atoms with van der Waals surface area (Å²) in [4.78, 5) is 8.72. The number of nitrogens with zero attached hydrogens (tertiary/aromatic N) is 2. The topological polar surface area (TPSA) is 88.7 Å². The lowest BCUT2D eigenvalue weighted by Gasteiger charge is -2.25. The molecular weight excluding hydrogens is 522 g/mol. The Balaban J connectivity index is 1.29. The summed E-state index contributed by atoms with van der Waals surface area (Å²) >= 11 is 1.51. The number of ether oxygens (including phenoxy) is 4. The number of hydrogen-bond acceptors (Lipinski definition) is 8. The van der Waals surface area contributed by atoms with Crippen molar-refractivity contribution in [2.45, 2.75) is 44.2 Å². The number of rotatable bonds is 11. The van der Waals surface area contributed by atoms with E-state index in [1.807, 2.05) is 60.0 Å². The number of aromatic nitrogens is 2. The average Bonchev–Trinajstić information content (AvgIpc) is 3.58. The van der Waals surface area contributed by atoms with Crippen LogP contribution in [0.2, 0.25) is 0 Å². The van der Waals surface area contributed by atoms with E-state index in [0.29, 0.717) is 32.2 Å². The Kier molecular flexibility index (Phi) is 8.42. The molecule has 7 nitrogen and oxygen atoms in total. The van der Waals surface area contributed by atoms with Crippen molar-refractivity contribution in [3.8, 4) is 0 Å². The molecule has 0 radical (unpaired) electrons. The Morgan fingerprint density at radius 2 is 1.30 bits per heavy atom. The van der Waals surface area contributed by atoms with Gasteiger partial charge in [-0.1, -0.05) is 91.0 Å². The van der Waals surface area contributed by atoms with Gasteiger partial charge in [0.25, 0.3) is 0 Å². The first-order valence-corrected chi connectivity index (χ1v) is 14.2. The van der Waals surface area contributed by atoms with Crippen LogP contribution in [0.1, 0.15) is 28.4 Å². The summed E-state index contributed by atoms with van der Waals surface area (Å²) in [5.41, 5.74) is 11.1. The second-order valence-corrected chi connectivity index (χ2v) is 10.6. The zero-order chi connectivity index (χ0) is 27.1. The van der Waals surface area contributed by atoms with Gasteiger partial charge in [0, 0.05) is 5.56 Å². The monoisotopic (exact) mass is 553 g/mol. The third-order valence-corrected chi connectivity index (χ3v) is 8.00. The Bertz CT molecular complexity index is 1500.